The molecule has 3 aromatic rings. The number of hydrogen-bond acceptors (Lipinski definition) is 3. The number of rotatable bonds is 4. The molecule has 34 heavy (non-hydrogen) atoms. The Hall–Kier alpha value is -3.69. The van der Waals surface area contributed by atoms with Crippen LogP contribution in [0, 0.1) is 12.4 Å². The van der Waals surface area contributed by atoms with Gasteiger partial charge in [-0.05, 0) is 47.4 Å². The SMILES string of the molecule is C#[N+][C@H]1C[C@H](C(=O)N2CCc3ccccc3[C@@H]2c2ccc(F)cc2)OC[C@@H]1Oc1ccccc1. The van der Waals surface area contributed by atoms with Crippen LogP contribution in [0.15, 0.2) is 78.9 Å². The van der Waals surface area contributed by atoms with Gasteiger partial charge in [-0.25, -0.2) is 4.39 Å². The van der Waals surface area contributed by atoms with Gasteiger partial charge >= 0.3 is 6.04 Å². The highest BCUT2D eigenvalue weighted by Crippen LogP contribution is 2.36. The van der Waals surface area contributed by atoms with Crippen molar-refractivity contribution >= 4 is 5.91 Å². The Kier molecular flexibility index (Phi) is 6.29. The number of carbonyl (C=O) groups excluding carboxylic acids is 1. The summed E-state index contributed by atoms with van der Waals surface area (Å²) in [5.41, 5.74) is 3.11. The monoisotopic (exact) mass is 457 g/mol. The van der Waals surface area contributed by atoms with Crippen LogP contribution in [-0.4, -0.2) is 42.2 Å². The summed E-state index contributed by atoms with van der Waals surface area (Å²) in [6.45, 7) is 6.47. The molecule has 4 atom stereocenters. The molecule has 1 fully saturated rings. The molecule has 2 aliphatic rings. The second-order valence-electron chi connectivity index (χ2n) is 8.68. The highest BCUT2D eigenvalue weighted by atomic mass is 19.1. The van der Waals surface area contributed by atoms with E-state index in [4.69, 9.17) is 16.0 Å². The van der Waals surface area contributed by atoms with Crippen LogP contribution in [0.1, 0.15) is 29.2 Å². The van der Waals surface area contributed by atoms with E-state index in [1.807, 2.05) is 53.4 Å². The summed E-state index contributed by atoms with van der Waals surface area (Å²) in [4.78, 5) is 19.6. The molecule has 2 aliphatic heterocycles. The van der Waals surface area contributed by atoms with Gasteiger partial charge in [0.2, 0.25) is 6.10 Å². The van der Waals surface area contributed by atoms with Crippen molar-refractivity contribution in [1.82, 2.24) is 4.90 Å². The maximum Gasteiger partial charge on any atom is 0.313 e. The van der Waals surface area contributed by atoms with E-state index < -0.39 is 6.10 Å². The first-order chi connectivity index (χ1) is 16.6. The molecule has 1 saturated heterocycles. The van der Waals surface area contributed by atoms with E-state index in [1.165, 1.54) is 17.7 Å². The lowest BCUT2D eigenvalue weighted by molar-refractivity contribution is -0.152. The topological polar surface area (TPSA) is 43.1 Å². The molecule has 0 N–H and O–H groups in total. The predicted molar refractivity (Wildman–Crippen MR) is 127 cm³/mol. The Morgan fingerprint density at radius 3 is 2.53 bits per heavy atom. The van der Waals surface area contributed by atoms with Gasteiger partial charge < -0.3 is 14.4 Å². The van der Waals surface area contributed by atoms with Gasteiger partial charge in [0.15, 0.2) is 0 Å². The van der Waals surface area contributed by atoms with Crippen molar-refractivity contribution in [2.75, 3.05) is 13.2 Å². The zero-order chi connectivity index (χ0) is 23.5. The molecular weight excluding hydrogens is 431 g/mol. The van der Waals surface area contributed by atoms with Crippen molar-refractivity contribution < 1.29 is 18.7 Å². The lowest BCUT2D eigenvalue weighted by Crippen LogP contribution is -2.52. The number of fused-ring (bicyclic) bond motifs is 1. The van der Waals surface area contributed by atoms with Crippen LogP contribution in [0.3, 0.4) is 0 Å². The minimum absolute atomic E-state index is 0.115. The first-order valence-electron chi connectivity index (χ1n) is 11.5. The van der Waals surface area contributed by atoms with Gasteiger partial charge in [-0.15, -0.1) is 0 Å². The summed E-state index contributed by atoms with van der Waals surface area (Å²) in [6, 6.07) is 23.2. The summed E-state index contributed by atoms with van der Waals surface area (Å²) in [5.74, 6) is 0.285. The summed E-state index contributed by atoms with van der Waals surface area (Å²) < 4.78 is 25.7. The smallest absolute Gasteiger partial charge is 0.313 e. The maximum absolute atomic E-state index is 13.7. The summed E-state index contributed by atoms with van der Waals surface area (Å²) in [6.07, 6.45) is 0.0327. The Labute approximate surface area is 198 Å². The Morgan fingerprint density at radius 2 is 1.76 bits per heavy atom. The molecule has 0 aromatic heterocycles. The third-order valence-corrected chi connectivity index (χ3v) is 6.60. The molecule has 0 spiro atoms. The van der Waals surface area contributed by atoms with Gasteiger partial charge in [0.1, 0.15) is 17.7 Å². The van der Waals surface area contributed by atoms with Gasteiger partial charge in [0.25, 0.3) is 12.5 Å². The van der Waals surface area contributed by atoms with Crippen molar-refractivity contribution in [3.63, 3.8) is 0 Å². The lowest BCUT2D eigenvalue weighted by Gasteiger charge is -2.40. The van der Waals surface area contributed by atoms with E-state index in [0.29, 0.717) is 18.7 Å². The van der Waals surface area contributed by atoms with E-state index in [0.717, 1.165) is 17.5 Å². The highest BCUT2D eigenvalue weighted by Gasteiger charge is 2.45. The molecular formula is C28H26FN2O3+. The van der Waals surface area contributed by atoms with Gasteiger partial charge in [0.05, 0.1) is 19.1 Å². The zero-order valence-corrected chi connectivity index (χ0v) is 18.7. The van der Waals surface area contributed by atoms with Crippen LogP contribution in [0.2, 0.25) is 0 Å². The predicted octanol–water partition coefficient (Wildman–Crippen LogP) is 4.87. The number of nitrogens with zero attached hydrogens (tertiary/aromatic N) is 2. The number of para-hydroxylation sites is 1. The normalized spacial score (nSPS) is 24.1. The Bertz CT molecular complexity index is 1190. The molecule has 0 radical (unpaired) electrons. The minimum atomic E-state index is -0.680. The third kappa shape index (κ3) is 4.40. The molecule has 1 amide bonds. The average molecular weight is 458 g/mol. The fourth-order valence-corrected chi connectivity index (χ4v) is 4.87. The van der Waals surface area contributed by atoms with Crippen LogP contribution in [0.5, 0.6) is 5.75 Å². The number of halogens is 1. The summed E-state index contributed by atoms with van der Waals surface area (Å²) >= 11 is 0. The summed E-state index contributed by atoms with van der Waals surface area (Å²) in [7, 11) is 0. The molecule has 0 unspecified atom stereocenters. The number of carbonyl (C=O) groups is 1. The van der Waals surface area contributed by atoms with Crippen molar-refractivity contribution in [1.29, 1.82) is 0 Å². The van der Waals surface area contributed by atoms with Crippen LogP contribution in [0.4, 0.5) is 4.39 Å². The number of benzene rings is 3. The minimum Gasteiger partial charge on any atom is -0.480 e. The van der Waals surface area contributed by atoms with Crippen molar-refractivity contribution in [2.24, 2.45) is 0 Å². The first-order valence-corrected chi connectivity index (χ1v) is 11.5. The standard InChI is InChI=1S/C28H26FN2O3/c1-30-24-17-25(33-18-26(24)34-22-8-3-2-4-9-22)28(32)31-16-15-19-7-5-6-10-23(19)27(31)20-11-13-21(29)14-12-20/h1-14,24-27H,15-18H2/q+1/t24-,25+,26-,27-/m0/s1. The zero-order valence-electron chi connectivity index (χ0n) is 18.7. The van der Waals surface area contributed by atoms with Crippen LogP contribution in [-0.2, 0) is 16.0 Å². The molecule has 6 heteroatoms. The van der Waals surface area contributed by atoms with E-state index in [9.17, 15) is 9.18 Å². The number of hydrogen-bond donors (Lipinski definition) is 0. The molecule has 0 saturated carbocycles. The van der Waals surface area contributed by atoms with E-state index in [1.54, 1.807) is 12.1 Å². The van der Waals surface area contributed by atoms with E-state index in [-0.39, 0.29) is 36.5 Å². The number of ether oxygens (including phenoxy) is 2. The Morgan fingerprint density at radius 1 is 1.03 bits per heavy atom. The summed E-state index contributed by atoms with van der Waals surface area (Å²) in [5, 5.41) is 0. The van der Waals surface area contributed by atoms with Crippen molar-refractivity contribution in [2.45, 2.75) is 37.1 Å². The van der Waals surface area contributed by atoms with Crippen LogP contribution in [0.25, 0.3) is 4.85 Å². The van der Waals surface area contributed by atoms with Gasteiger partial charge in [-0.1, -0.05) is 59.4 Å². The third-order valence-electron chi connectivity index (χ3n) is 6.60. The molecule has 2 heterocycles. The fraction of sp³-hybridized carbons (Fsp3) is 0.286. The second kappa shape index (κ2) is 9.66. The average Bonchev–Trinajstić information content (AvgIpc) is 2.89. The fourth-order valence-electron chi connectivity index (χ4n) is 4.87. The van der Waals surface area contributed by atoms with Gasteiger partial charge in [-0.2, -0.15) is 0 Å². The molecule has 3 aromatic carbocycles. The highest BCUT2D eigenvalue weighted by molar-refractivity contribution is 5.82. The number of amides is 1. The van der Waals surface area contributed by atoms with Crippen molar-refractivity contribution in [3.05, 3.63) is 106 Å². The molecule has 0 aliphatic carbocycles. The quantitative estimate of drug-likeness (QED) is 0.562. The van der Waals surface area contributed by atoms with Gasteiger partial charge in [-0.3, -0.25) is 4.79 Å². The molecule has 172 valence electrons. The van der Waals surface area contributed by atoms with Crippen LogP contribution < -0.4 is 4.74 Å². The van der Waals surface area contributed by atoms with Crippen molar-refractivity contribution in [3.8, 4) is 12.3 Å². The molecule has 5 rings (SSSR count). The maximum atomic E-state index is 13.7. The second-order valence-corrected chi connectivity index (χ2v) is 8.68. The Balaban J connectivity index is 1.38. The van der Waals surface area contributed by atoms with Crippen LogP contribution >= 0.6 is 0 Å². The first kappa shape index (κ1) is 22.1. The largest absolute Gasteiger partial charge is 0.480 e. The molecule has 5 nitrogen and oxygen atoms in total. The van der Waals surface area contributed by atoms with E-state index >= 15 is 0 Å². The lowest BCUT2D eigenvalue weighted by atomic mass is 9.87. The molecule has 0 bridgehead atoms. The van der Waals surface area contributed by atoms with E-state index in [2.05, 4.69) is 10.9 Å². The van der Waals surface area contributed by atoms with Gasteiger partial charge in [0, 0.05) is 6.54 Å².